The van der Waals surface area contributed by atoms with Crippen LogP contribution in [0.15, 0.2) is 48.5 Å². The Morgan fingerprint density at radius 1 is 1.08 bits per heavy atom. The van der Waals surface area contributed by atoms with Crippen LogP contribution in [-0.2, 0) is 4.79 Å². The van der Waals surface area contributed by atoms with Gasteiger partial charge in [-0.05, 0) is 49.6 Å². The van der Waals surface area contributed by atoms with Crippen LogP contribution in [0.5, 0.6) is 0 Å². The van der Waals surface area contributed by atoms with E-state index in [0.29, 0.717) is 0 Å². The standard InChI is InChI=1S/C19H19FN2O2/c1-12(21-19(24)16-4-2-3-5-17(16)20)13-8-10-15(11-9-13)22-18(23)14-6-7-14/h2-5,8-12,14H,6-7H2,1H3,(H,21,24)(H,22,23). The number of nitrogens with one attached hydrogen (secondary N) is 2. The summed E-state index contributed by atoms with van der Waals surface area (Å²) < 4.78 is 13.6. The topological polar surface area (TPSA) is 58.2 Å². The third-order valence-corrected chi connectivity index (χ3v) is 4.09. The number of rotatable bonds is 5. The van der Waals surface area contributed by atoms with E-state index < -0.39 is 11.7 Å². The number of benzene rings is 2. The van der Waals surface area contributed by atoms with Gasteiger partial charge in [0, 0.05) is 11.6 Å². The Kier molecular flexibility index (Phi) is 4.60. The SMILES string of the molecule is CC(NC(=O)c1ccccc1F)c1ccc(NC(=O)C2CC2)cc1. The molecule has 0 radical (unpaired) electrons. The number of halogens is 1. The summed E-state index contributed by atoms with van der Waals surface area (Å²) in [6.07, 6.45) is 1.92. The van der Waals surface area contributed by atoms with Gasteiger partial charge in [0.25, 0.3) is 5.91 Å². The molecule has 2 aromatic rings. The highest BCUT2D eigenvalue weighted by Crippen LogP contribution is 2.30. The molecule has 2 aromatic carbocycles. The highest BCUT2D eigenvalue weighted by Gasteiger charge is 2.29. The summed E-state index contributed by atoms with van der Waals surface area (Å²) in [5, 5.41) is 5.64. The summed E-state index contributed by atoms with van der Waals surface area (Å²) in [7, 11) is 0. The number of anilines is 1. The van der Waals surface area contributed by atoms with Gasteiger partial charge in [0.1, 0.15) is 5.82 Å². The van der Waals surface area contributed by atoms with Crippen LogP contribution in [-0.4, -0.2) is 11.8 Å². The van der Waals surface area contributed by atoms with Gasteiger partial charge in [-0.25, -0.2) is 4.39 Å². The quantitative estimate of drug-likeness (QED) is 0.881. The van der Waals surface area contributed by atoms with Crippen molar-refractivity contribution in [3.8, 4) is 0 Å². The number of hydrogen-bond donors (Lipinski definition) is 2. The van der Waals surface area contributed by atoms with E-state index in [4.69, 9.17) is 0 Å². The Hall–Kier alpha value is -2.69. The normalized spacial score (nSPS) is 14.8. The van der Waals surface area contributed by atoms with Crippen molar-refractivity contribution >= 4 is 17.5 Å². The van der Waals surface area contributed by atoms with Crippen LogP contribution in [0.25, 0.3) is 0 Å². The van der Waals surface area contributed by atoms with Crippen molar-refractivity contribution in [1.82, 2.24) is 5.32 Å². The van der Waals surface area contributed by atoms with Crippen molar-refractivity contribution in [3.63, 3.8) is 0 Å². The summed E-state index contributed by atoms with van der Waals surface area (Å²) >= 11 is 0. The Morgan fingerprint density at radius 3 is 2.38 bits per heavy atom. The Labute approximate surface area is 140 Å². The zero-order valence-corrected chi connectivity index (χ0v) is 13.4. The molecule has 1 atom stereocenters. The average Bonchev–Trinajstić information content (AvgIpc) is 3.40. The molecule has 24 heavy (non-hydrogen) atoms. The highest BCUT2D eigenvalue weighted by atomic mass is 19.1. The Morgan fingerprint density at radius 2 is 1.75 bits per heavy atom. The molecule has 0 aromatic heterocycles. The fourth-order valence-electron chi connectivity index (χ4n) is 2.45. The molecule has 1 fully saturated rings. The van der Waals surface area contributed by atoms with Crippen molar-refractivity contribution in [2.45, 2.75) is 25.8 Å². The number of amides is 2. The summed E-state index contributed by atoms with van der Waals surface area (Å²) in [4.78, 5) is 23.9. The molecule has 124 valence electrons. The first-order valence-corrected chi connectivity index (χ1v) is 8.01. The summed E-state index contributed by atoms with van der Waals surface area (Å²) in [5.74, 6) is -0.778. The van der Waals surface area contributed by atoms with Gasteiger partial charge >= 0.3 is 0 Å². The maximum atomic E-state index is 13.6. The molecule has 0 spiro atoms. The largest absolute Gasteiger partial charge is 0.345 e. The highest BCUT2D eigenvalue weighted by molar-refractivity contribution is 5.95. The van der Waals surface area contributed by atoms with Gasteiger partial charge in [-0.1, -0.05) is 24.3 Å². The molecule has 0 heterocycles. The summed E-state index contributed by atoms with van der Waals surface area (Å²) in [5.41, 5.74) is 1.64. The Balaban J connectivity index is 1.62. The Bertz CT molecular complexity index is 754. The molecule has 1 saturated carbocycles. The molecule has 0 aliphatic heterocycles. The predicted octanol–water partition coefficient (Wildman–Crippen LogP) is 3.67. The van der Waals surface area contributed by atoms with Crippen molar-refractivity contribution in [2.75, 3.05) is 5.32 Å². The number of hydrogen-bond acceptors (Lipinski definition) is 2. The second kappa shape index (κ2) is 6.83. The van der Waals surface area contributed by atoms with E-state index >= 15 is 0 Å². The molecule has 0 bridgehead atoms. The first-order chi connectivity index (χ1) is 11.5. The molecular weight excluding hydrogens is 307 g/mol. The van der Waals surface area contributed by atoms with E-state index in [1.807, 2.05) is 19.1 Å². The minimum atomic E-state index is -0.541. The number of carbonyl (C=O) groups excluding carboxylic acids is 2. The van der Waals surface area contributed by atoms with Gasteiger partial charge in [0.15, 0.2) is 0 Å². The van der Waals surface area contributed by atoms with Gasteiger partial charge in [-0.3, -0.25) is 9.59 Å². The fourth-order valence-corrected chi connectivity index (χ4v) is 2.45. The average molecular weight is 326 g/mol. The minimum absolute atomic E-state index is 0.0256. The van der Waals surface area contributed by atoms with Crippen molar-refractivity contribution < 1.29 is 14.0 Å². The fraction of sp³-hybridized carbons (Fsp3) is 0.263. The predicted molar refractivity (Wildman–Crippen MR) is 90.1 cm³/mol. The second-order valence-corrected chi connectivity index (χ2v) is 6.06. The molecule has 1 aliphatic rings. The molecule has 1 aliphatic carbocycles. The molecule has 0 saturated heterocycles. The van der Waals surface area contributed by atoms with Crippen LogP contribution in [0.3, 0.4) is 0 Å². The molecule has 1 unspecified atom stereocenters. The zero-order chi connectivity index (χ0) is 17.1. The minimum Gasteiger partial charge on any atom is -0.345 e. The van der Waals surface area contributed by atoms with E-state index in [-0.39, 0.29) is 23.4 Å². The lowest BCUT2D eigenvalue weighted by atomic mass is 10.1. The van der Waals surface area contributed by atoms with Crippen LogP contribution in [0.4, 0.5) is 10.1 Å². The van der Waals surface area contributed by atoms with E-state index in [0.717, 1.165) is 24.1 Å². The van der Waals surface area contributed by atoms with Gasteiger partial charge in [-0.2, -0.15) is 0 Å². The molecule has 2 amide bonds. The second-order valence-electron chi connectivity index (χ2n) is 6.06. The van der Waals surface area contributed by atoms with Crippen molar-refractivity contribution in [3.05, 3.63) is 65.5 Å². The molecule has 5 heteroatoms. The van der Waals surface area contributed by atoms with Crippen LogP contribution < -0.4 is 10.6 Å². The molecule has 2 N–H and O–H groups in total. The zero-order valence-electron chi connectivity index (χ0n) is 13.4. The first-order valence-electron chi connectivity index (χ1n) is 8.01. The van der Waals surface area contributed by atoms with Crippen LogP contribution in [0.1, 0.15) is 41.7 Å². The van der Waals surface area contributed by atoms with E-state index in [1.165, 1.54) is 12.1 Å². The third-order valence-electron chi connectivity index (χ3n) is 4.09. The van der Waals surface area contributed by atoms with E-state index in [9.17, 15) is 14.0 Å². The monoisotopic (exact) mass is 326 g/mol. The van der Waals surface area contributed by atoms with Gasteiger partial charge in [-0.15, -0.1) is 0 Å². The van der Waals surface area contributed by atoms with Gasteiger partial charge in [0.2, 0.25) is 5.91 Å². The maximum absolute atomic E-state index is 13.6. The maximum Gasteiger partial charge on any atom is 0.254 e. The van der Waals surface area contributed by atoms with Crippen LogP contribution >= 0.6 is 0 Å². The summed E-state index contributed by atoms with van der Waals surface area (Å²) in [6.45, 7) is 1.83. The lowest BCUT2D eigenvalue weighted by molar-refractivity contribution is -0.117. The van der Waals surface area contributed by atoms with Crippen molar-refractivity contribution in [1.29, 1.82) is 0 Å². The lowest BCUT2D eigenvalue weighted by Gasteiger charge is -2.15. The van der Waals surface area contributed by atoms with Crippen LogP contribution in [0, 0.1) is 11.7 Å². The molecule has 3 rings (SSSR count). The number of carbonyl (C=O) groups is 2. The van der Waals surface area contributed by atoms with Gasteiger partial charge in [0.05, 0.1) is 11.6 Å². The lowest BCUT2D eigenvalue weighted by Crippen LogP contribution is -2.27. The van der Waals surface area contributed by atoms with E-state index in [2.05, 4.69) is 10.6 Å². The molecular formula is C19H19FN2O2. The van der Waals surface area contributed by atoms with Crippen molar-refractivity contribution in [2.24, 2.45) is 5.92 Å². The first kappa shape index (κ1) is 16.2. The summed E-state index contributed by atoms with van der Waals surface area (Å²) in [6, 6.07) is 12.9. The smallest absolute Gasteiger partial charge is 0.254 e. The third kappa shape index (κ3) is 3.79. The van der Waals surface area contributed by atoms with E-state index in [1.54, 1.807) is 24.3 Å². The van der Waals surface area contributed by atoms with Gasteiger partial charge < -0.3 is 10.6 Å². The molecule has 4 nitrogen and oxygen atoms in total. The van der Waals surface area contributed by atoms with Crippen LogP contribution in [0.2, 0.25) is 0 Å².